The second-order valence-corrected chi connectivity index (χ2v) is 5.20. The zero-order valence-electron chi connectivity index (χ0n) is 11.0. The van der Waals surface area contributed by atoms with Gasteiger partial charge in [-0.05, 0) is 20.3 Å². The lowest BCUT2D eigenvalue weighted by molar-refractivity contribution is 0.912. The minimum atomic E-state index is 0.785. The van der Waals surface area contributed by atoms with Crippen molar-refractivity contribution < 1.29 is 0 Å². The number of thiazole rings is 1. The number of nitrogens with one attached hydrogen (secondary N) is 1. The molecular formula is C13H18N4S. The maximum atomic E-state index is 4.53. The summed E-state index contributed by atoms with van der Waals surface area (Å²) in [6.07, 6.45) is 3.71. The summed E-state index contributed by atoms with van der Waals surface area (Å²) in [5.74, 6) is 1.77. The number of hydrogen-bond donors (Lipinski definition) is 1. The number of rotatable bonds is 5. The lowest BCUT2D eigenvalue weighted by Gasteiger charge is -2.11. The average molecular weight is 262 g/mol. The number of anilines is 1. The Labute approximate surface area is 112 Å². The SMILES string of the molecule is CCCNc1nc(C)nc(Cc2nccs2)c1C. The topological polar surface area (TPSA) is 50.7 Å². The van der Waals surface area contributed by atoms with Crippen molar-refractivity contribution in [2.24, 2.45) is 0 Å². The van der Waals surface area contributed by atoms with Crippen LogP contribution in [0.3, 0.4) is 0 Å². The first-order valence-corrected chi connectivity index (χ1v) is 7.05. The Morgan fingerprint density at radius 1 is 1.28 bits per heavy atom. The van der Waals surface area contributed by atoms with Gasteiger partial charge in [0.15, 0.2) is 0 Å². The summed E-state index contributed by atoms with van der Waals surface area (Å²) in [5, 5.41) is 6.45. The zero-order chi connectivity index (χ0) is 13.0. The van der Waals surface area contributed by atoms with E-state index in [4.69, 9.17) is 0 Å². The largest absolute Gasteiger partial charge is 0.370 e. The lowest BCUT2D eigenvalue weighted by atomic mass is 10.2. The van der Waals surface area contributed by atoms with Crippen LogP contribution in [0.25, 0.3) is 0 Å². The molecule has 2 rings (SSSR count). The standard InChI is InChI=1S/C13H18N4S/c1-4-5-15-13-9(2)11(16-10(3)17-13)8-12-14-6-7-18-12/h6-7H,4-5,8H2,1-3H3,(H,15,16,17). The summed E-state index contributed by atoms with van der Waals surface area (Å²) in [5.41, 5.74) is 2.19. The number of hydrogen-bond acceptors (Lipinski definition) is 5. The third-order valence-corrected chi connectivity index (χ3v) is 3.48. The first-order valence-electron chi connectivity index (χ1n) is 6.17. The van der Waals surface area contributed by atoms with Crippen molar-refractivity contribution in [2.75, 3.05) is 11.9 Å². The van der Waals surface area contributed by atoms with E-state index in [2.05, 4.69) is 34.1 Å². The van der Waals surface area contributed by atoms with Crippen LogP contribution in [0.5, 0.6) is 0 Å². The fourth-order valence-corrected chi connectivity index (χ4v) is 2.38. The molecule has 2 aromatic rings. The van der Waals surface area contributed by atoms with Crippen molar-refractivity contribution in [2.45, 2.75) is 33.6 Å². The van der Waals surface area contributed by atoms with Crippen molar-refractivity contribution >= 4 is 17.2 Å². The molecule has 2 aromatic heterocycles. The van der Waals surface area contributed by atoms with Crippen LogP contribution in [0.4, 0.5) is 5.82 Å². The summed E-state index contributed by atoms with van der Waals surface area (Å²) in [6.45, 7) is 7.09. The minimum Gasteiger partial charge on any atom is -0.370 e. The van der Waals surface area contributed by atoms with Crippen LogP contribution >= 0.6 is 11.3 Å². The Morgan fingerprint density at radius 2 is 2.11 bits per heavy atom. The highest BCUT2D eigenvalue weighted by atomic mass is 32.1. The van der Waals surface area contributed by atoms with E-state index in [1.807, 2.05) is 18.5 Å². The van der Waals surface area contributed by atoms with E-state index in [0.717, 1.165) is 47.3 Å². The van der Waals surface area contributed by atoms with Gasteiger partial charge in [0.2, 0.25) is 0 Å². The van der Waals surface area contributed by atoms with Gasteiger partial charge in [0.05, 0.1) is 10.7 Å². The number of aromatic nitrogens is 3. The van der Waals surface area contributed by atoms with Gasteiger partial charge in [0.1, 0.15) is 11.6 Å². The number of nitrogens with zero attached hydrogens (tertiary/aromatic N) is 3. The van der Waals surface area contributed by atoms with Crippen LogP contribution in [0.15, 0.2) is 11.6 Å². The predicted octanol–water partition coefficient (Wildman–Crippen LogP) is 2.96. The van der Waals surface area contributed by atoms with E-state index >= 15 is 0 Å². The molecular weight excluding hydrogens is 244 g/mol. The van der Waals surface area contributed by atoms with Crippen molar-refractivity contribution in [1.29, 1.82) is 0 Å². The van der Waals surface area contributed by atoms with Gasteiger partial charge in [-0.25, -0.2) is 15.0 Å². The predicted molar refractivity (Wildman–Crippen MR) is 75.2 cm³/mol. The van der Waals surface area contributed by atoms with Crippen LogP contribution < -0.4 is 5.32 Å². The molecule has 96 valence electrons. The normalized spacial score (nSPS) is 10.6. The third kappa shape index (κ3) is 3.04. The van der Waals surface area contributed by atoms with Gasteiger partial charge in [0.25, 0.3) is 0 Å². The van der Waals surface area contributed by atoms with E-state index in [1.54, 1.807) is 11.3 Å². The molecule has 0 amide bonds. The summed E-state index contributed by atoms with van der Waals surface area (Å²) in [4.78, 5) is 13.3. The smallest absolute Gasteiger partial charge is 0.132 e. The van der Waals surface area contributed by atoms with E-state index in [9.17, 15) is 0 Å². The fraction of sp³-hybridized carbons (Fsp3) is 0.462. The van der Waals surface area contributed by atoms with Crippen LogP contribution in [-0.4, -0.2) is 21.5 Å². The van der Waals surface area contributed by atoms with Gasteiger partial charge in [-0.1, -0.05) is 6.92 Å². The Balaban J connectivity index is 2.26. The molecule has 0 aliphatic rings. The molecule has 0 unspecified atom stereocenters. The van der Waals surface area contributed by atoms with Crippen LogP contribution in [0.2, 0.25) is 0 Å². The average Bonchev–Trinajstić information content (AvgIpc) is 2.84. The van der Waals surface area contributed by atoms with Crippen LogP contribution in [0, 0.1) is 13.8 Å². The van der Waals surface area contributed by atoms with Gasteiger partial charge in [-0.15, -0.1) is 11.3 Å². The maximum absolute atomic E-state index is 4.53. The lowest BCUT2D eigenvalue weighted by Crippen LogP contribution is -2.09. The third-order valence-electron chi connectivity index (χ3n) is 2.70. The molecule has 18 heavy (non-hydrogen) atoms. The molecule has 1 N–H and O–H groups in total. The summed E-state index contributed by atoms with van der Waals surface area (Å²) < 4.78 is 0. The first-order chi connectivity index (χ1) is 8.70. The molecule has 0 bridgehead atoms. The van der Waals surface area contributed by atoms with Crippen molar-refractivity contribution in [3.63, 3.8) is 0 Å². The second kappa shape index (κ2) is 5.91. The van der Waals surface area contributed by atoms with Gasteiger partial charge in [-0.3, -0.25) is 0 Å². The van der Waals surface area contributed by atoms with Crippen molar-refractivity contribution in [1.82, 2.24) is 15.0 Å². The first kappa shape index (κ1) is 13.0. The molecule has 0 aromatic carbocycles. The van der Waals surface area contributed by atoms with Gasteiger partial charge in [-0.2, -0.15) is 0 Å². The van der Waals surface area contributed by atoms with Gasteiger partial charge >= 0.3 is 0 Å². The fourth-order valence-electron chi connectivity index (χ4n) is 1.76. The van der Waals surface area contributed by atoms with E-state index in [0.29, 0.717) is 0 Å². The Morgan fingerprint density at radius 3 is 2.78 bits per heavy atom. The molecule has 5 heteroatoms. The minimum absolute atomic E-state index is 0.785. The molecule has 0 radical (unpaired) electrons. The maximum Gasteiger partial charge on any atom is 0.132 e. The highest BCUT2D eigenvalue weighted by Gasteiger charge is 2.10. The summed E-state index contributed by atoms with van der Waals surface area (Å²) in [6, 6.07) is 0. The van der Waals surface area contributed by atoms with Gasteiger partial charge < -0.3 is 5.32 Å². The summed E-state index contributed by atoms with van der Waals surface area (Å²) in [7, 11) is 0. The number of aryl methyl sites for hydroxylation is 1. The molecule has 0 aliphatic heterocycles. The summed E-state index contributed by atoms with van der Waals surface area (Å²) >= 11 is 1.66. The molecule has 4 nitrogen and oxygen atoms in total. The molecule has 0 saturated carbocycles. The van der Waals surface area contributed by atoms with Crippen LogP contribution in [0.1, 0.15) is 35.4 Å². The molecule has 0 saturated heterocycles. The highest BCUT2D eigenvalue weighted by molar-refractivity contribution is 7.09. The Bertz CT molecular complexity index is 508. The molecule has 0 fully saturated rings. The Kier molecular flexibility index (Phi) is 4.25. The van der Waals surface area contributed by atoms with Gasteiger partial charge in [0, 0.05) is 30.1 Å². The van der Waals surface area contributed by atoms with Crippen molar-refractivity contribution in [3.05, 3.63) is 33.7 Å². The van der Waals surface area contributed by atoms with Crippen LogP contribution in [-0.2, 0) is 6.42 Å². The second-order valence-electron chi connectivity index (χ2n) is 4.22. The molecule has 2 heterocycles. The van der Waals surface area contributed by atoms with Crippen molar-refractivity contribution in [3.8, 4) is 0 Å². The van der Waals surface area contributed by atoms with E-state index in [-0.39, 0.29) is 0 Å². The monoisotopic (exact) mass is 262 g/mol. The molecule has 0 atom stereocenters. The molecule has 0 aliphatic carbocycles. The zero-order valence-corrected chi connectivity index (χ0v) is 11.8. The van der Waals surface area contributed by atoms with E-state index < -0.39 is 0 Å². The quantitative estimate of drug-likeness (QED) is 0.900. The molecule has 0 spiro atoms. The van der Waals surface area contributed by atoms with E-state index in [1.165, 1.54) is 0 Å². The Hall–Kier alpha value is -1.49. The highest BCUT2D eigenvalue weighted by Crippen LogP contribution is 2.19.